The second-order valence-corrected chi connectivity index (χ2v) is 10.3. The molecule has 2 aliphatic heterocycles. The van der Waals surface area contributed by atoms with Gasteiger partial charge < -0.3 is 30.1 Å². The normalized spacial score (nSPS) is 16.7. The number of aliphatic hydroxyl groups excluding tert-OH is 1. The van der Waals surface area contributed by atoms with Crippen LogP contribution in [0.15, 0.2) is 96.5 Å². The number of hydrazine groups is 1. The van der Waals surface area contributed by atoms with Crippen LogP contribution in [-0.4, -0.2) is 65.6 Å². The number of aliphatic hydroxyl groups is 1. The lowest BCUT2D eigenvalue weighted by Crippen LogP contribution is -2.41. The van der Waals surface area contributed by atoms with Crippen molar-refractivity contribution in [2.75, 3.05) is 53.9 Å². The summed E-state index contributed by atoms with van der Waals surface area (Å²) in [5, 5.41) is 20.2. The number of nitrogens with zero attached hydrogens (tertiary/aromatic N) is 5. The number of hydrogen-bond acceptors (Lipinski definition) is 10. The molecule has 0 spiro atoms. The summed E-state index contributed by atoms with van der Waals surface area (Å²) < 4.78 is 26.3. The number of amides is 1. The molecule has 6 rings (SSSR count). The fraction of sp³-hybridized carbons (Fsp3) is 0.219. The molecule has 0 saturated carbocycles. The molecule has 44 heavy (non-hydrogen) atoms. The Morgan fingerprint density at radius 2 is 1.75 bits per heavy atom. The molecule has 1 fully saturated rings. The minimum Gasteiger partial charge on any atom is -0.436 e. The Kier molecular flexibility index (Phi) is 8.26. The topological polar surface area (TPSA) is 115 Å². The van der Waals surface area contributed by atoms with Gasteiger partial charge in [-0.2, -0.15) is 0 Å². The van der Waals surface area contributed by atoms with Gasteiger partial charge in [-0.05, 0) is 49.4 Å². The van der Waals surface area contributed by atoms with Gasteiger partial charge in [-0.1, -0.05) is 24.3 Å². The van der Waals surface area contributed by atoms with Crippen molar-refractivity contribution in [2.45, 2.75) is 13.2 Å². The molecule has 1 saturated heterocycles. The van der Waals surface area contributed by atoms with E-state index in [0.717, 1.165) is 36.2 Å². The number of benzene rings is 3. The SMILES string of the molecule is CC1=C(C(=O)Nc2ccc(Oc3cc(Nc4cccc(N5CCOCC5)c4)ncn3)c(F)c2)C(O)N(c2ccccc2)N1C. The molecule has 2 aliphatic rings. The lowest BCUT2D eigenvalue weighted by Gasteiger charge is -2.31. The van der Waals surface area contributed by atoms with Gasteiger partial charge in [-0.3, -0.25) is 14.8 Å². The van der Waals surface area contributed by atoms with Gasteiger partial charge in [0.15, 0.2) is 17.8 Å². The molecule has 1 aromatic heterocycles. The molecular formula is C32H32FN7O4. The van der Waals surface area contributed by atoms with Crippen molar-refractivity contribution in [3.63, 3.8) is 0 Å². The number of para-hydroxylation sites is 1. The first-order valence-electron chi connectivity index (χ1n) is 14.1. The Hall–Kier alpha value is -5.20. The highest BCUT2D eigenvalue weighted by molar-refractivity contribution is 6.05. The van der Waals surface area contributed by atoms with Crippen molar-refractivity contribution < 1.29 is 23.8 Å². The van der Waals surface area contributed by atoms with Crippen molar-refractivity contribution in [1.82, 2.24) is 15.0 Å². The van der Waals surface area contributed by atoms with E-state index in [4.69, 9.17) is 9.47 Å². The van der Waals surface area contributed by atoms with E-state index in [0.29, 0.717) is 24.7 Å². The number of carbonyl (C=O) groups is 1. The third kappa shape index (κ3) is 6.12. The predicted molar refractivity (Wildman–Crippen MR) is 165 cm³/mol. The third-order valence-corrected chi connectivity index (χ3v) is 7.49. The van der Waals surface area contributed by atoms with Crippen LogP contribution in [0.5, 0.6) is 11.6 Å². The van der Waals surface area contributed by atoms with E-state index in [1.54, 1.807) is 30.1 Å². The maximum Gasteiger partial charge on any atom is 0.258 e. The van der Waals surface area contributed by atoms with Gasteiger partial charge in [-0.25, -0.2) is 14.4 Å². The van der Waals surface area contributed by atoms with Crippen molar-refractivity contribution in [2.24, 2.45) is 0 Å². The largest absolute Gasteiger partial charge is 0.436 e. The van der Waals surface area contributed by atoms with Crippen molar-refractivity contribution in [1.29, 1.82) is 0 Å². The molecule has 4 aromatic rings. The summed E-state index contributed by atoms with van der Waals surface area (Å²) in [5.74, 6) is -0.700. The lowest BCUT2D eigenvalue weighted by molar-refractivity contribution is -0.113. The van der Waals surface area contributed by atoms with Gasteiger partial charge >= 0.3 is 0 Å². The molecule has 226 valence electrons. The highest BCUT2D eigenvalue weighted by Gasteiger charge is 2.37. The Labute approximate surface area is 254 Å². The Morgan fingerprint density at radius 3 is 2.52 bits per heavy atom. The number of anilines is 5. The van der Waals surface area contributed by atoms with E-state index in [9.17, 15) is 9.90 Å². The molecule has 3 aromatic carbocycles. The number of ether oxygens (including phenoxy) is 2. The maximum atomic E-state index is 15.1. The van der Waals surface area contributed by atoms with Gasteiger partial charge in [0.05, 0.1) is 24.5 Å². The van der Waals surface area contributed by atoms with Crippen LogP contribution < -0.4 is 25.3 Å². The van der Waals surface area contributed by atoms with Gasteiger partial charge in [0.25, 0.3) is 5.91 Å². The van der Waals surface area contributed by atoms with E-state index >= 15 is 4.39 Å². The molecule has 12 heteroatoms. The number of hydrogen-bond donors (Lipinski definition) is 3. The number of carbonyl (C=O) groups excluding carboxylic acids is 1. The van der Waals surface area contributed by atoms with Crippen LogP contribution in [-0.2, 0) is 9.53 Å². The zero-order valence-corrected chi connectivity index (χ0v) is 24.3. The minimum absolute atomic E-state index is 0.0757. The van der Waals surface area contributed by atoms with Crippen LogP contribution in [0.2, 0.25) is 0 Å². The first-order chi connectivity index (χ1) is 21.4. The molecule has 0 bridgehead atoms. The first-order valence-corrected chi connectivity index (χ1v) is 14.1. The van der Waals surface area contributed by atoms with E-state index in [1.807, 2.05) is 54.6 Å². The highest BCUT2D eigenvalue weighted by atomic mass is 19.1. The molecule has 1 amide bonds. The highest BCUT2D eigenvalue weighted by Crippen LogP contribution is 2.33. The van der Waals surface area contributed by atoms with E-state index < -0.39 is 18.0 Å². The quantitative estimate of drug-likeness (QED) is 0.259. The number of aromatic nitrogens is 2. The fourth-order valence-electron chi connectivity index (χ4n) is 5.17. The zero-order chi connectivity index (χ0) is 30.6. The summed E-state index contributed by atoms with van der Waals surface area (Å²) >= 11 is 0. The first kappa shape index (κ1) is 28.9. The molecule has 3 N–H and O–H groups in total. The predicted octanol–water partition coefficient (Wildman–Crippen LogP) is 4.89. The number of halogens is 1. The average molecular weight is 598 g/mol. The number of rotatable bonds is 8. The summed E-state index contributed by atoms with van der Waals surface area (Å²) in [6, 6.07) is 22.8. The second-order valence-electron chi connectivity index (χ2n) is 10.3. The molecule has 0 aliphatic carbocycles. The second kappa shape index (κ2) is 12.6. The van der Waals surface area contributed by atoms with Gasteiger partial charge in [-0.15, -0.1) is 0 Å². The molecule has 11 nitrogen and oxygen atoms in total. The summed E-state index contributed by atoms with van der Waals surface area (Å²) in [4.78, 5) is 23.8. The van der Waals surface area contributed by atoms with Crippen LogP contribution in [0.3, 0.4) is 0 Å². The zero-order valence-electron chi connectivity index (χ0n) is 24.3. The molecule has 1 unspecified atom stereocenters. The summed E-state index contributed by atoms with van der Waals surface area (Å²) in [6.45, 7) is 4.78. The van der Waals surface area contributed by atoms with Crippen molar-refractivity contribution >= 4 is 34.5 Å². The molecule has 1 atom stereocenters. The van der Waals surface area contributed by atoms with Crippen LogP contribution in [0.25, 0.3) is 0 Å². The number of nitrogens with one attached hydrogen (secondary N) is 2. The standard InChI is InChI=1S/C32H32FN7O4/c1-21-30(32(42)40(38(21)2)24-8-4-3-5-9-24)31(41)37-23-11-12-27(26(33)18-23)44-29-19-28(34-20-35-29)36-22-7-6-10-25(17-22)39-13-15-43-16-14-39/h3-12,17-20,32,42H,13-16H2,1-2H3,(H,37,41)(H,34,35,36). The number of allylic oxidation sites excluding steroid dienone is 1. The van der Waals surface area contributed by atoms with E-state index in [1.165, 1.54) is 18.5 Å². The Bertz CT molecular complexity index is 1680. The summed E-state index contributed by atoms with van der Waals surface area (Å²) in [7, 11) is 1.76. The van der Waals surface area contributed by atoms with Crippen LogP contribution in [0, 0.1) is 5.82 Å². The maximum absolute atomic E-state index is 15.1. The molecule has 0 radical (unpaired) electrons. The number of morpholine rings is 1. The lowest BCUT2D eigenvalue weighted by atomic mass is 10.1. The monoisotopic (exact) mass is 597 g/mol. The molecular weight excluding hydrogens is 565 g/mol. The smallest absolute Gasteiger partial charge is 0.258 e. The van der Waals surface area contributed by atoms with Gasteiger partial charge in [0.2, 0.25) is 5.88 Å². The third-order valence-electron chi connectivity index (χ3n) is 7.49. The van der Waals surface area contributed by atoms with E-state index in [-0.39, 0.29) is 22.9 Å². The Balaban J connectivity index is 1.11. The van der Waals surface area contributed by atoms with Crippen LogP contribution in [0.1, 0.15) is 6.92 Å². The summed E-state index contributed by atoms with van der Waals surface area (Å²) in [5.41, 5.74) is 3.57. The Morgan fingerprint density at radius 1 is 0.977 bits per heavy atom. The molecule has 3 heterocycles. The minimum atomic E-state index is -1.21. The summed E-state index contributed by atoms with van der Waals surface area (Å²) in [6.07, 6.45) is 0.117. The van der Waals surface area contributed by atoms with Crippen LogP contribution >= 0.6 is 0 Å². The van der Waals surface area contributed by atoms with Crippen LogP contribution in [0.4, 0.5) is 33.0 Å². The van der Waals surface area contributed by atoms with Crippen molar-refractivity contribution in [3.8, 4) is 11.6 Å². The average Bonchev–Trinajstić information content (AvgIpc) is 3.26. The van der Waals surface area contributed by atoms with Gasteiger partial charge in [0.1, 0.15) is 12.1 Å². The van der Waals surface area contributed by atoms with Crippen molar-refractivity contribution in [3.05, 3.63) is 102 Å². The van der Waals surface area contributed by atoms with Gasteiger partial charge in [0, 0.05) is 55.0 Å². The van der Waals surface area contributed by atoms with E-state index in [2.05, 4.69) is 25.5 Å². The fourth-order valence-corrected chi connectivity index (χ4v) is 5.17.